The molecule has 0 radical (unpaired) electrons. The maximum atomic E-state index is 10.3. The van der Waals surface area contributed by atoms with Crippen molar-refractivity contribution in [2.24, 2.45) is 0 Å². The summed E-state index contributed by atoms with van der Waals surface area (Å²) in [6.07, 6.45) is -0.475. The van der Waals surface area contributed by atoms with Crippen molar-refractivity contribution in [3.63, 3.8) is 0 Å². The van der Waals surface area contributed by atoms with Crippen molar-refractivity contribution in [1.82, 2.24) is 4.90 Å². The highest BCUT2D eigenvalue weighted by molar-refractivity contribution is 5.32. The Morgan fingerprint density at radius 3 is 2.25 bits per heavy atom. The fourth-order valence-corrected chi connectivity index (χ4v) is 2.55. The van der Waals surface area contributed by atoms with E-state index in [-0.39, 0.29) is 12.2 Å². The summed E-state index contributed by atoms with van der Waals surface area (Å²) in [5.74, 6) is 0. The third-order valence-corrected chi connectivity index (χ3v) is 3.75. The second-order valence-electron chi connectivity index (χ2n) is 5.02. The summed E-state index contributed by atoms with van der Waals surface area (Å²) < 4.78 is 10.8. The number of aliphatic hydroxyl groups is 1. The molecule has 1 saturated heterocycles. The van der Waals surface area contributed by atoms with Crippen LogP contribution in [0.4, 0.5) is 0 Å². The summed E-state index contributed by atoms with van der Waals surface area (Å²) in [6.45, 7) is 2.04. The van der Waals surface area contributed by atoms with Crippen molar-refractivity contribution in [2.45, 2.75) is 18.3 Å². The predicted molar refractivity (Wildman–Crippen MR) is 74.2 cm³/mol. The molecule has 0 aliphatic carbocycles. The Morgan fingerprint density at radius 1 is 1.25 bits per heavy atom. The Bertz CT molecular complexity index is 457. The van der Waals surface area contributed by atoms with Crippen molar-refractivity contribution >= 4 is 0 Å². The zero-order chi connectivity index (χ0) is 14.5. The number of hydrogen-bond acceptors (Lipinski definition) is 5. The molecule has 1 aliphatic rings. The molecule has 3 unspecified atom stereocenters. The van der Waals surface area contributed by atoms with Crippen molar-refractivity contribution in [1.29, 1.82) is 5.26 Å². The lowest BCUT2D eigenvalue weighted by Gasteiger charge is -2.19. The lowest BCUT2D eigenvalue weighted by molar-refractivity contribution is -0.00461. The first-order valence-corrected chi connectivity index (χ1v) is 6.64. The first kappa shape index (κ1) is 14.9. The standard InChI is InChI=1S/C15H20N2O3/c1-19-14-9-17(10-15(14)20-2)8-13(18)12-5-3-11(7-16)4-6-12/h3-6,13-15,18H,8-10H2,1-2H3. The molecular weight excluding hydrogens is 256 g/mol. The number of hydrogen-bond donors (Lipinski definition) is 1. The highest BCUT2D eigenvalue weighted by atomic mass is 16.5. The minimum absolute atomic E-state index is 0.0492. The van der Waals surface area contributed by atoms with Crippen LogP contribution < -0.4 is 0 Å². The van der Waals surface area contributed by atoms with Gasteiger partial charge in [-0.2, -0.15) is 5.26 Å². The maximum absolute atomic E-state index is 10.3. The minimum atomic E-state index is -0.573. The van der Waals surface area contributed by atoms with Gasteiger partial charge in [0.2, 0.25) is 0 Å². The third kappa shape index (κ3) is 3.35. The molecule has 1 aromatic rings. The average molecular weight is 276 g/mol. The zero-order valence-electron chi connectivity index (χ0n) is 11.8. The summed E-state index contributed by atoms with van der Waals surface area (Å²) in [4.78, 5) is 2.13. The smallest absolute Gasteiger partial charge is 0.0991 e. The molecule has 108 valence electrons. The van der Waals surface area contributed by atoms with E-state index in [0.29, 0.717) is 12.1 Å². The number of nitriles is 1. The molecule has 3 atom stereocenters. The Kier molecular flexibility index (Phi) is 5.10. The Balaban J connectivity index is 1.94. The number of nitrogens with zero attached hydrogens (tertiary/aromatic N) is 2. The van der Waals surface area contributed by atoms with Crippen LogP contribution in [0.3, 0.4) is 0 Å². The van der Waals surface area contributed by atoms with E-state index in [1.165, 1.54) is 0 Å². The van der Waals surface area contributed by atoms with Gasteiger partial charge in [0.25, 0.3) is 0 Å². The lowest BCUT2D eigenvalue weighted by Crippen LogP contribution is -2.27. The SMILES string of the molecule is COC1CN(CC(O)c2ccc(C#N)cc2)CC1OC. The van der Waals surface area contributed by atoms with Crippen LogP contribution in [-0.2, 0) is 9.47 Å². The van der Waals surface area contributed by atoms with Crippen LogP contribution in [0.1, 0.15) is 17.2 Å². The van der Waals surface area contributed by atoms with Gasteiger partial charge in [-0.1, -0.05) is 12.1 Å². The minimum Gasteiger partial charge on any atom is -0.387 e. The van der Waals surface area contributed by atoms with Crippen LogP contribution in [0, 0.1) is 11.3 Å². The topological polar surface area (TPSA) is 65.7 Å². The van der Waals surface area contributed by atoms with Gasteiger partial charge in [-0.05, 0) is 17.7 Å². The fourth-order valence-electron chi connectivity index (χ4n) is 2.55. The molecule has 1 fully saturated rings. The number of ether oxygens (including phenoxy) is 2. The van der Waals surface area contributed by atoms with E-state index in [2.05, 4.69) is 11.0 Å². The highest BCUT2D eigenvalue weighted by Gasteiger charge is 2.33. The molecule has 0 bridgehead atoms. The van der Waals surface area contributed by atoms with Gasteiger partial charge in [-0.25, -0.2) is 0 Å². The van der Waals surface area contributed by atoms with E-state index in [1.807, 2.05) is 0 Å². The highest BCUT2D eigenvalue weighted by Crippen LogP contribution is 2.20. The largest absolute Gasteiger partial charge is 0.387 e. The Morgan fingerprint density at radius 2 is 1.80 bits per heavy atom. The van der Waals surface area contributed by atoms with Crippen LogP contribution in [-0.4, -0.2) is 56.1 Å². The van der Waals surface area contributed by atoms with Gasteiger partial charge in [0.15, 0.2) is 0 Å². The van der Waals surface area contributed by atoms with Gasteiger partial charge in [-0.3, -0.25) is 4.90 Å². The molecular formula is C15H20N2O3. The maximum Gasteiger partial charge on any atom is 0.0991 e. The van der Waals surface area contributed by atoms with E-state index in [4.69, 9.17) is 14.7 Å². The quantitative estimate of drug-likeness (QED) is 0.867. The fraction of sp³-hybridized carbons (Fsp3) is 0.533. The number of likely N-dealkylation sites (tertiary alicyclic amines) is 1. The molecule has 1 aliphatic heterocycles. The Labute approximate surface area is 119 Å². The third-order valence-electron chi connectivity index (χ3n) is 3.75. The molecule has 20 heavy (non-hydrogen) atoms. The van der Waals surface area contributed by atoms with Crippen LogP contribution in [0.25, 0.3) is 0 Å². The number of methoxy groups -OCH3 is 2. The summed E-state index contributed by atoms with van der Waals surface area (Å²) in [6, 6.07) is 9.09. The van der Waals surface area contributed by atoms with E-state index in [9.17, 15) is 5.11 Å². The van der Waals surface area contributed by atoms with Crippen molar-refractivity contribution < 1.29 is 14.6 Å². The number of benzene rings is 1. The van der Waals surface area contributed by atoms with Gasteiger partial charge < -0.3 is 14.6 Å². The van der Waals surface area contributed by atoms with Gasteiger partial charge >= 0.3 is 0 Å². The Hall–Kier alpha value is -1.45. The molecule has 0 aromatic heterocycles. The summed E-state index contributed by atoms with van der Waals surface area (Å²) in [7, 11) is 3.36. The van der Waals surface area contributed by atoms with Crippen molar-refractivity contribution in [3.8, 4) is 6.07 Å². The van der Waals surface area contributed by atoms with Crippen LogP contribution in [0.5, 0.6) is 0 Å². The summed E-state index contributed by atoms with van der Waals surface area (Å²) >= 11 is 0. The van der Waals surface area contributed by atoms with Crippen LogP contribution >= 0.6 is 0 Å². The van der Waals surface area contributed by atoms with Gasteiger partial charge in [0.1, 0.15) is 0 Å². The summed E-state index contributed by atoms with van der Waals surface area (Å²) in [5.41, 5.74) is 1.42. The molecule has 0 amide bonds. The number of rotatable bonds is 5. The van der Waals surface area contributed by atoms with E-state index < -0.39 is 6.10 Å². The molecule has 1 aromatic carbocycles. The lowest BCUT2D eigenvalue weighted by atomic mass is 10.1. The van der Waals surface area contributed by atoms with Gasteiger partial charge in [0.05, 0.1) is 29.9 Å². The van der Waals surface area contributed by atoms with E-state index >= 15 is 0 Å². The molecule has 0 saturated carbocycles. The molecule has 2 rings (SSSR count). The van der Waals surface area contributed by atoms with Crippen LogP contribution in [0.2, 0.25) is 0 Å². The summed E-state index contributed by atoms with van der Waals surface area (Å²) in [5, 5.41) is 19.0. The zero-order valence-corrected chi connectivity index (χ0v) is 11.8. The molecule has 1 heterocycles. The normalized spacial score (nSPS) is 24.5. The van der Waals surface area contributed by atoms with Gasteiger partial charge in [-0.15, -0.1) is 0 Å². The molecule has 1 N–H and O–H groups in total. The van der Waals surface area contributed by atoms with Gasteiger partial charge in [0, 0.05) is 33.9 Å². The molecule has 5 nitrogen and oxygen atoms in total. The first-order chi connectivity index (χ1) is 9.67. The van der Waals surface area contributed by atoms with E-state index in [0.717, 1.165) is 18.7 Å². The monoisotopic (exact) mass is 276 g/mol. The number of aliphatic hydroxyl groups excluding tert-OH is 1. The van der Waals surface area contributed by atoms with Crippen LogP contribution in [0.15, 0.2) is 24.3 Å². The van der Waals surface area contributed by atoms with Crippen molar-refractivity contribution in [3.05, 3.63) is 35.4 Å². The van der Waals surface area contributed by atoms with Crippen molar-refractivity contribution in [2.75, 3.05) is 33.9 Å². The molecule has 0 spiro atoms. The second-order valence-corrected chi connectivity index (χ2v) is 5.02. The second kappa shape index (κ2) is 6.82. The first-order valence-electron chi connectivity index (χ1n) is 6.64. The predicted octanol–water partition coefficient (Wildman–Crippen LogP) is 0.937. The number of β-amino-alcohol motifs (C(OH)–C–C–N with tert-alkyl or cyclic N) is 1. The average Bonchev–Trinajstić information content (AvgIpc) is 2.89. The van der Waals surface area contributed by atoms with E-state index in [1.54, 1.807) is 38.5 Å². The molecule has 5 heteroatoms.